The van der Waals surface area contributed by atoms with Crippen molar-refractivity contribution < 1.29 is 34.4 Å². The molecular formula is C2H8MnNO4. The molecule has 0 aromatic rings. The van der Waals surface area contributed by atoms with Crippen LogP contribution in [0.5, 0.6) is 0 Å². The summed E-state index contributed by atoms with van der Waals surface area (Å²) in [5.41, 5.74) is 3.49. The fraction of sp³-hybridized carbons (Fsp3) is 1.00. The maximum absolute atomic E-state index is 8.58. The Bertz CT molecular complexity index is 147. The molecule has 0 rings (SSSR count). The molecule has 0 saturated heterocycles. The van der Waals surface area contributed by atoms with Gasteiger partial charge in [0.05, 0.1) is 6.54 Å². The Morgan fingerprint density at radius 3 is 1.50 bits per heavy atom. The van der Waals surface area contributed by atoms with Crippen LogP contribution >= 0.6 is 0 Å². The molecule has 0 unspecified atom stereocenters. The van der Waals surface area contributed by atoms with E-state index < -0.39 is 13.0 Å². The molecule has 8 heavy (non-hydrogen) atoms. The van der Waals surface area contributed by atoms with E-state index in [2.05, 4.69) is 5.73 Å². The normalized spacial score (nSPS) is 9.38. The average Bonchev–Trinajstić information content (AvgIpc) is 1.27. The minimum atomic E-state index is -5.62. The predicted molar refractivity (Wildman–Crippen MR) is 15.5 cm³/mol. The molecule has 0 aliphatic rings. The molecule has 0 aliphatic heterocycles. The first kappa shape index (κ1) is 10.8. The van der Waals surface area contributed by atoms with Crippen LogP contribution in [-0.4, -0.2) is 6.54 Å². The number of hydrogen-bond acceptors (Lipinski definition) is 4. The maximum atomic E-state index is 8.58. The van der Waals surface area contributed by atoms with Crippen LogP contribution in [0.2, 0.25) is 0 Å². The molecule has 5 nitrogen and oxygen atoms in total. The van der Waals surface area contributed by atoms with Crippen molar-refractivity contribution >= 4 is 0 Å². The third-order valence-corrected chi connectivity index (χ3v) is 0. The molecule has 52 valence electrons. The average molecular weight is 165 g/mol. The molecule has 0 spiro atoms. The van der Waals surface area contributed by atoms with Crippen molar-refractivity contribution in [3.8, 4) is 0 Å². The fourth-order valence-electron chi connectivity index (χ4n) is 0. The van der Waals surface area contributed by atoms with Gasteiger partial charge in [0.2, 0.25) is 0 Å². The molecule has 0 aromatic heterocycles. The van der Waals surface area contributed by atoms with Crippen molar-refractivity contribution in [2.75, 3.05) is 6.54 Å². The molecule has 0 heterocycles. The zero-order valence-electron chi connectivity index (χ0n) is 4.43. The van der Waals surface area contributed by atoms with E-state index >= 15 is 0 Å². The van der Waals surface area contributed by atoms with Gasteiger partial charge in [-0.3, -0.25) is 0 Å². The van der Waals surface area contributed by atoms with Gasteiger partial charge in [-0.05, 0) is 6.92 Å². The van der Waals surface area contributed by atoms with Crippen molar-refractivity contribution in [1.29, 1.82) is 0 Å². The van der Waals surface area contributed by atoms with Gasteiger partial charge in [0.1, 0.15) is 0 Å². The molecule has 0 saturated carbocycles. The summed E-state index contributed by atoms with van der Waals surface area (Å²) in [4.78, 5) is 0. The Morgan fingerprint density at radius 1 is 1.50 bits per heavy atom. The van der Waals surface area contributed by atoms with E-state index in [1.165, 1.54) is 0 Å². The zero-order chi connectivity index (χ0) is 7.21. The summed E-state index contributed by atoms with van der Waals surface area (Å²) in [5, 5.41) is 0. The van der Waals surface area contributed by atoms with Crippen molar-refractivity contribution in [3.05, 3.63) is 0 Å². The SMILES string of the molecule is CC[NH3+].[O]=[Mn](=[O])(=[O])[O-]. The molecule has 0 amide bonds. The molecule has 0 bridgehead atoms. The second-order valence-electron chi connectivity index (χ2n) is 0.878. The molecule has 0 radical (unpaired) electrons. The molecule has 0 fully saturated rings. The Hall–Kier alpha value is -0.161. The van der Waals surface area contributed by atoms with E-state index in [0.717, 1.165) is 6.54 Å². The Labute approximate surface area is 48.7 Å². The van der Waals surface area contributed by atoms with Crippen LogP contribution in [0.15, 0.2) is 0 Å². The Balaban J connectivity index is 0. The molecule has 3 N–H and O–H groups in total. The van der Waals surface area contributed by atoms with E-state index in [1.54, 1.807) is 0 Å². The van der Waals surface area contributed by atoms with Crippen LogP contribution < -0.4 is 9.92 Å². The third kappa shape index (κ3) is 5310. The second kappa shape index (κ2) is 4.99. The summed E-state index contributed by atoms with van der Waals surface area (Å²) < 4.78 is 34.3. The number of quaternary nitrogens is 1. The van der Waals surface area contributed by atoms with E-state index in [4.69, 9.17) is 15.7 Å². The third-order valence-electron chi connectivity index (χ3n) is 0. The minimum absolute atomic E-state index is 1.00. The number of rotatable bonds is 0. The van der Waals surface area contributed by atoms with Gasteiger partial charge in [0.25, 0.3) is 0 Å². The summed E-state index contributed by atoms with van der Waals surface area (Å²) in [5.74, 6) is 0. The van der Waals surface area contributed by atoms with E-state index in [9.17, 15) is 0 Å². The van der Waals surface area contributed by atoms with Gasteiger partial charge in [0, 0.05) is 0 Å². The summed E-state index contributed by atoms with van der Waals surface area (Å²) in [6.07, 6.45) is 0. The summed E-state index contributed by atoms with van der Waals surface area (Å²) >= 11 is -5.62. The van der Waals surface area contributed by atoms with Crippen LogP contribution in [0.25, 0.3) is 0 Å². The van der Waals surface area contributed by atoms with Crippen LogP contribution in [0.1, 0.15) is 6.92 Å². The van der Waals surface area contributed by atoms with Gasteiger partial charge in [-0.15, -0.1) is 0 Å². The fourth-order valence-corrected chi connectivity index (χ4v) is 0. The summed E-state index contributed by atoms with van der Waals surface area (Å²) in [6.45, 7) is 3.01. The molecular weight excluding hydrogens is 157 g/mol. The standard InChI is InChI=1S/C2H7N.Mn.4O/c1-2-3;;;;;/h2-3H2,1H3;;;;;/q;;;;;-1/p+1. The van der Waals surface area contributed by atoms with Gasteiger partial charge >= 0.3 is 28.7 Å². The monoisotopic (exact) mass is 165 g/mol. The second-order valence-corrected chi connectivity index (χ2v) is 2.06. The van der Waals surface area contributed by atoms with Crippen molar-refractivity contribution in [1.82, 2.24) is 0 Å². The van der Waals surface area contributed by atoms with Crippen LogP contribution in [-0.2, 0) is 24.5 Å². The Morgan fingerprint density at radius 2 is 1.50 bits per heavy atom. The zero-order valence-corrected chi connectivity index (χ0v) is 5.61. The van der Waals surface area contributed by atoms with Crippen LogP contribution in [0.4, 0.5) is 0 Å². The van der Waals surface area contributed by atoms with E-state index in [1.807, 2.05) is 6.92 Å². The van der Waals surface area contributed by atoms with E-state index in [-0.39, 0.29) is 0 Å². The molecule has 0 aliphatic carbocycles. The van der Waals surface area contributed by atoms with Crippen LogP contribution in [0, 0.1) is 0 Å². The molecule has 6 heteroatoms. The van der Waals surface area contributed by atoms with Gasteiger partial charge in [-0.1, -0.05) is 0 Å². The van der Waals surface area contributed by atoms with Gasteiger partial charge < -0.3 is 5.73 Å². The molecule has 0 aromatic carbocycles. The van der Waals surface area contributed by atoms with Crippen molar-refractivity contribution in [3.63, 3.8) is 0 Å². The first-order valence-corrected chi connectivity index (χ1v) is 3.75. The summed E-state index contributed by atoms with van der Waals surface area (Å²) in [6, 6.07) is 0. The van der Waals surface area contributed by atoms with Crippen molar-refractivity contribution in [2.24, 2.45) is 0 Å². The topological polar surface area (TPSA) is 102 Å². The summed E-state index contributed by atoms with van der Waals surface area (Å²) in [7, 11) is 0. The first-order valence-electron chi connectivity index (χ1n) is 1.82. The number of hydrogen-bond donors (Lipinski definition) is 1. The predicted octanol–water partition coefficient (Wildman–Crippen LogP) is -2.30. The molecule has 0 atom stereocenters. The van der Waals surface area contributed by atoms with Gasteiger partial charge in [-0.25, -0.2) is 0 Å². The van der Waals surface area contributed by atoms with Crippen LogP contribution in [0.3, 0.4) is 0 Å². The van der Waals surface area contributed by atoms with Gasteiger partial charge in [0.15, 0.2) is 0 Å². The quantitative estimate of drug-likeness (QED) is 0.407. The first-order chi connectivity index (χ1) is 3.41. The van der Waals surface area contributed by atoms with E-state index in [0.29, 0.717) is 0 Å². The Kier molecular flexibility index (Phi) is 6.70. The van der Waals surface area contributed by atoms with Gasteiger partial charge in [-0.2, -0.15) is 0 Å². The van der Waals surface area contributed by atoms with Crippen molar-refractivity contribution in [2.45, 2.75) is 6.92 Å².